The first-order valence-corrected chi connectivity index (χ1v) is 11.7. The van der Waals surface area contributed by atoms with Crippen LogP contribution in [0.2, 0.25) is 0 Å². The molecule has 0 aromatic heterocycles. The quantitative estimate of drug-likeness (QED) is 0.297. The number of carbonyl (C=O) groups is 2. The van der Waals surface area contributed by atoms with Crippen LogP contribution in [0.25, 0.3) is 0 Å². The van der Waals surface area contributed by atoms with Gasteiger partial charge in [0.15, 0.2) is 5.78 Å². The van der Waals surface area contributed by atoms with E-state index in [1.807, 2.05) is 44.2 Å². The van der Waals surface area contributed by atoms with Crippen LogP contribution in [-0.4, -0.2) is 42.3 Å². The van der Waals surface area contributed by atoms with Crippen LogP contribution < -0.4 is 4.74 Å². The number of Topliss-reactive ketones (excluding diaryl/α,β-unsaturated/α-hetero) is 1. The van der Waals surface area contributed by atoms with Crippen LogP contribution >= 0.6 is 0 Å². The molecule has 0 bridgehead atoms. The van der Waals surface area contributed by atoms with Crippen molar-refractivity contribution < 1.29 is 28.9 Å². The first kappa shape index (κ1) is 26.4. The van der Waals surface area contributed by atoms with Crippen LogP contribution in [0.4, 0.5) is 0 Å². The lowest BCUT2D eigenvalue weighted by Crippen LogP contribution is -2.45. The second-order valence-corrected chi connectivity index (χ2v) is 9.33. The number of carbonyl (C=O) groups excluding carboxylic acids is 2. The molecule has 0 radical (unpaired) electrons. The minimum absolute atomic E-state index is 0.173. The summed E-state index contributed by atoms with van der Waals surface area (Å²) in [5.74, 6) is -1.10. The molecule has 2 aromatic rings. The van der Waals surface area contributed by atoms with Gasteiger partial charge in [0.25, 0.3) is 0 Å². The summed E-state index contributed by atoms with van der Waals surface area (Å²) >= 11 is 0. The third-order valence-corrected chi connectivity index (χ3v) is 6.35. The highest BCUT2D eigenvalue weighted by atomic mass is 16.5. The molecule has 0 saturated heterocycles. The van der Waals surface area contributed by atoms with Gasteiger partial charge in [-0.2, -0.15) is 0 Å². The summed E-state index contributed by atoms with van der Waals surface area (Å²) in [5, 5.41) is 11.5. The van der Waals surface area contributed by atoms with Gasteiger partial charge >= 0.3 is 5.97 Å². The van der Waals surface area contributed by atoms with Crippen molar-refractivity contribution in [1.29, 1.82) is 0 Å². The second-order valence-electron chi connectivity index (χ2n) is 9.33. The highest BCUT2D eigenvalue weighted by Gasteiger charge is 2.56. The summed E-state index contributed by atoms with van der Waals surface area (Å²) in [6.07, 6.45) is 1.31. The molecular weight excluding hydrogens is 444 g/mol. The maximum atomic E-state index is 13.0. The van der Waals surface area contributed by atoms with Crippen LogP contribution in [0.5, 0.6) is 5.75 Å². The molecule has 186 valence electrons. The van der Waals surface area contributed by atoms with E-state index in [0.717, 1.165) is 16.9 Å². The van der Waals surface area contributed by atoms with E-state index in [2.05, 4.69) is 6.58 Å². The van der Waals surface area contributed by atoms with Crippen molar-refractivity contribution in [2.24, 2.45) is 11.8 Å². The lowest BCUT2D eigenvalue weighted by atomic mass is 9.82. The maximum Gasteiger partial charge on any atom is 0.338 e. The van der Waals surface area contributed by atoms with Gasteiger partial charge in [0, 0.05) is 0 Å². The SMILES string of the molecule is C=C(C)C(=O)[C@@]1(O)C[C@H](C)[C@H](OC(=O)c2ccccc2)[C@@H]1/C=C(\C)COCc1ccc(OC)cc1. The van der Waals surface area contributed by atoms with Crippen LogP contribution in [-0.2, 0) is 20.9 Å². The summed E-state index contributed by atoms with van der Waals surface area (Å²) in [6.45, 7) is 9.78. The number of ether oxygens (including phenoxy) is 3. The summed E-state index contributed by atoms with van der Waals surface area (Å²) in [4.78, 5) is 25.8. The minimum atomic E-state index is -1.70. The molecule has 6 heteroatoms. The molecule has 0 spiro atoms. The van der Waals surface area contributed by atoms with Crippen LogP contribution in [0.15, 0.2) is 78.4 Å². The highest BCUT2D eigenvalue weighted by molar-refractivity contribution is 6.01. The van der Waals surface area contributed by atoms with Gasteiger partial charge in [-0.05, 0) is 61.6 Å². The van der Waals surface area contributed by atoms with Gasteiger partial charge in [0.05, 0.1) is 31.8 Å². The Hall–Kier alpha value is -3.22. The third kappa shape index (κ3) is 6.27. The largest absolute Gasteiger partial charge is 0.497 e. The standard InChI is InChI=1S/C29H34O6/c1-19(2)27(30)29(32)16-21(4)26(35-28(31)23-9-7-6-8-10-23)25(29)15-20(3)17-34-18-22-11-13-24(33-5)14-12-22/h6-15,21,25-26,32H,1,16-18H2,2-5H3/b20-15+/t21-,25-,26-,29+/m0/s1. The maximum absolute atomic E-state index is 13.0. The predicted molar refractivity (Wildman–Crippen MR) is 134 cm³/mol. The number of ketones is 1. The molecule has 35 heavy (non-hydrogen) atoms. The van der Waals surface area contributed by atoms with E-state index in [9.17, 15) is 14.7 Å². The average Bonchev–Trinajstić information content (AvgIpc) is 3.09. The first-order chi connectivity index (χ1) is 16.7. The summed E-state index contributed by atoms with van der Waals surface area (Å²) in [7, 11) is 1.62. The van der Waals surface area contributed by atoms with E-state index in [1.165, 1.54) is 0 Å². The Balaban J connectivity index is 1.78. The molecule has 1 saturated carbocycles. The predicted octanol–water partition coefficient (Wildman–Crippen LogP) is 4.92. The van der Waals surface area contributed by atoms with Crippen molar-refractivity contribution >= 4 is 11.8 Å². The Morgan fingerprint density at radius 3 is 2.37 bits per heavy atom. The molecule has 0 heterocycles. The van der Waals surface area contributed by atoms with Crippen LogP contribution in [0.1, 0.15) is 43.1 Å². The molecular formula is C29H34O6. The van der Waals surface area contributed by atoms with E-state index < -0.39 is 29.4 Å². The van der Waals surface area contributed by atoms with Crippen LogP contribution in [0.3, 0.4) is 0 Å². The van der Waals surface area contributed by atoms with E-state index in [-0.39, 0.29) is 17.9 Å². The number of aliphatic hydroxyl groups is 1. The number of methoxy groups -OCH3 is 1. The fourth-order valence-electron chi connectivity index (χ4n) is 4.58. The lowest BCUT2D eigenvalue weighted by Gasteiger charge is -2.30. The summed E-state index contributed by atoms with van der Waals surface area (Å²) in [5.41, 5.74) is 0.803. The zero-order chi connectivity index (χ0) is 25.6. The molecule has 1 aliphatic rings. The van der Waals surface area contributed by atoms with Crippen molar-refractivity contribution in [2.75, 3.05) is 13.7 Å². The molecule has 1 N–H and O–H groups in total. The van der Waals surface area contributed by atoms with Crippen LogP contribution in [0, 0.1) is 11.8 Å². The molecule has 4 atom stereocenters. The number of esters is 1. The number of benzene rings is 2. The van der Waals surface area contributed by atoms with Gasteiger partial charge in [0.2, 0.25) is 0 Å². The lowest BCUT2D eigenvalue weighted by molar-refractivity contribution is -0.136. The third-order valence-electron chi connectivity index (χ3n) is 6.35. The zero-order valence-electron chi connectivity index (χ0n) is 20.8. The molecule has 0 aliphatic heterocycles. The Bertz CT molecular complexity index is 1070. The van der Waals surface area contributed by atoms with Crippen molar-refractivity contribution in [3.63, 3.8) is 0 Å². The van der Waals surface area contributed by atoms with Gasteiger partial charge in [-0.3, -0.25) is 4.79 Å². The van der Waals surface area contributed by atoms with Crippen molar-refractivity contribution in [1.82, 2.24) is 0 Å². The van der Waals surface area contributed by atoms with E-state index in [1.54, 1.807) is 44.4 Å². The Kier molecular flexibility index (Phi) is 8.65. The molecule has 1 aliphatic carbocycles. The molecule has 6 nitrogen and oxygen atoms in total. The number of hydrogen-bond donors (Lipinski definition) is 1. The number of hydrogen-bond acceptors (Lipinski definition) is 6. The van der Waals surface area contributed by atoms with Crippen molar-refractivity contribution in [3.05, 3.63) is 89.5 Å². The molecule has 0 unspecified atom stereocenters. The second kappa shape index (κ2) is 11.5. The molecule has 0 amide bonds. The van der Waals surface area contributed by atoms with E-state index in [4.69, 9.17) is 14.2 Å². The van der Waals surface area contributed by atoms with E-state index in [0.29, 0.717) is 18.8 Å². The Morgan fingerprint density at radius 1 is 1.11 bits per heavy atom. The normalized spacial score (nSPS) is 24.1. The minimum Gasteiger partial charge on any atom is -0.497 e. The van der Waals surface area contributed by atoms with Crippen molar-refractivity contribution in [3.8, 4) is 5.75 Å². The summed E-state index contributed by atoms with van der Waals surface area (Å²) < 4.78 is 16.9. The monoisotopic (exact) mass is 478 g/mol. The molecule has 1 fully saturated rings. The highest BCUT2D eigenvalue weighted by Crippen LogP contribution is 2.45. The summed E-state index contributed by atoms with van der Waals surface area (Å²) in [6, 6.07) is 16.3. The zero-order valence-corrected chi connectivity index (χ0v) is 20.8. The fourth-order valence-corrected chi connectivity index (χ4v) is 4.58. The topological polar surface area (TPSA) is 82.1 Å². The van der Waals surface area contributed by atoms with Gasteiger partial charge in [0.1, 0.15) is 17.5 Å². The van der Waals surface area contributed by atoms with Gasteiger partial charge in [-0.25, -0.2) is 4.79 Å². The smallest absolute Gasteiger partial charge is 0.338 e. The Labute approximate surface area is 207 Å². The Morgan fingerprint density at radius 2 is 1.77 bits per heavy atom. The fraction of sp³-hybridized carbons (Fsp3) is 0.379. The van der Waals surface area contributed by atoms with E-state index >= 15 is 0 Å². The average molecular weight is 479 g/mol. The molecule has 3 rings (SSSR count). The first-order valence-electron chi connectivity index (χ1n) is 11.7. The van der Waals surface area contributed by atoms with Gasteiger partial charge in [-0.1, -0.05) is 55.5 Å². The molecule has 2 aromatic carbocycles. The number of rotatable bonds is 10. The van der Waals surface area contributed by atoms with Gasteiger partial charge in [-0.15, -0.1) is 0 Å². The van der Waals surface area contributed by atoms with Crippen molar-refractivity contribution in [2.45, 2.75) is 45.5 Å². The van der Waals surface area contributed by atoms with Gasteiger partial charge < -0.3 is 19.3 Å².